The topological polar surface area (TPSA) is 15.3 Å². The maximum Gasteiger partial charge on any atom is 0.0108 e. The van der Waals surface area contributed by atoms with Crippen molar-refractivity contribution in [3.63, 3.8) is 0 Å². The number of nitrogens with zero attached hydrogens (tertiary/aromatic N) is 1. The molecule has 2 saturated carbocycles. The van der Waals surface area contributed by atoms with Gasteiger partial charge in [0.2, 0.25) is 0 Å². The molecule has 2 nitrogen and oxygen atoms in total. The van der Waals surface area contributed by atoms with Crippen LogP contribution in [0, 0.1) is 11.8 Å². The van der Waals surface area contributed by atoms with Gasteiger partial charge in [0.1, 0.15) is 0 Å². The molecule has 0 spiro atoms. The SMILES string of the molecule is CCCNC1CCC(CCC)CC1CN(CC)C1CC1. The highest BCUT2D eigenvalue weighted by atomic mass is 15.2. The first-order valence-electron chi connectivity index (χ1n) is 9.25. The molecule has 2 fully saturated rings. The Balaban J connectivity index is 1.89. The van der Waals surface area contributed by atoms with Crippen LogP contribution < -0.4 is 5.32 Å². The first-order valence-corrected chi connectivity index (χ1v) is 9.25. The lowest BCUT2D eigenvalue weighted by molar-refractivity contribution is 0.134. The predicted molar refractivity (Wildman–Crippen MR) is 88.1 cm³/mol. The molecule has 0 radical (unpaired) electrons. The molecule has 0 aromatic heterocycles. The van der Waals surface area contributed by atoms with E-state index in [1.165, 1.54) is 71.0 Å². The smallest absolute Gasteiger partial charge is 0.0108 e. The summed E-state index contributed by atoms with van der Waals surface area (Å²) in [7, 11) is 0. The van der Waals surface area contributed by atoms with Crippen molar-refractivity contribution in [3.05, 3.63) is 0 Å². The molecule has 2 rings (SSSR count). The molecule has 3 unspecified atom stereocenters. The van der Waals surface area contributed by atoms with Crippen molar-refractivity contribution in [1.82, 2.24) is 10.2 Å². The fourth-order valence-corrected chi connectivity index (χ4v) is 4.11. The Labute approximate surface area is 126 Å². The minimum absolute atomic E-state index is 0.788. The molecule has 2 aliphatic rings. The Bertz CT molecular complexity index is 262. The summed E-state index contributed by atoms with van der Waals surface area (Å²) in [5.74, 6) is 1.90. The van der Waals surface area contributed by atoms with Gasteiger partial charge in [-0.2, -0.15) is 0 Å². The van der Waals surface area contributed by atoms with Gasteiger partial charge in [-0.1, -0.05) is 33.6 Å². The largest absolute Gasteiger partial charge is 0.314 e. The summed E-state index contributed by atoms with van der Waals surface area (Å²) in [5, 5.41) is 3.85. The lowest BCUT2D eigenvalue weighted by atomic mass is 9.76. The van der Waals surface area contributed by atoms with Crippen LogP contribution >= 0.6 is 0 Å². The molecule has 0 bridgehead atoms. The zero-order valence-electron chi connectivity index (χ0n) is 14.0. The molecule has 0 aromatic rings. The molecule has 0 saturated heterocycles. The summed E-state index contributed by atoms with van der Waals surface area (Å²) in [6.07, 6.45) is 11.3. The molecule has 118 valence electrons. The van der Waals surface area contributed by atoms with E-state index in [1.807, 2.05) is 0 Å². The first kappa shape index (κ1) is 16.3. The third-order valence-corrected chi connectivity index (χ3v) is 5.38. The third kappa shape index (κ3) is 4.73. The summed E-state index contributed by atoms with van der Waals surface area (Å²) < 4.78 is 0. The number of rotatable bonds is 9. The molecule has 2 heteroatoms. The highest BCUT2D eigenvalue weighted by Gasteiger charge is 2.34. The zero-order chi connectivity index (χ0) is 14.4. The molecule has 20 heavy (non-hydrogen) atoms. The zero-order valence-corrected chi connectivity index (χ0v) is 14.0. The Kier molecular flexibility index (Phi) is 6.83. The van der Waals surface area contributed by atoms with Gasteiger partial charge in [0.05, 0.1) is 0 Å². The molecule has 0 aliphatic heterocycles. The van der Waals surface area contributed by atoms with Crippen LogP contribution in [0.4, 0.5) is 0 Å². The maximum atomic E-state index is 3.85. The van der Waals surface area contributed by atoms with Crippen molar-refractivity contribution in [2.45, 2.75) is 84.2 Å². The molecular formula is C18H36N2. The van der Waals surface area contributed by atoms with Crippen LogP contribution in [0.15, 0.2) is 0 Å². The van der Waals surface area contributed by atoms with Gasteiger partial charge >= 0.3 is 0 Å². The Morgan fingerprint density at radius 3 is 2.40 bits per heavy atom. The Morgan fingerprint density at radius 2 is 1.80 bits per heavy atom. The molecule has 0 amide bonds. The van der Waals surface area contributed by atoms with Gasteiger partial charge in [-0.3, -0.25) is 0 Å². The van der Waals surface area contributed by atoms with Crippen LogP contribution in [0.5, 0.6) is 0 Å². The molecule has 0 heterocycles. The van der Waals surface area contributed by atoms with Gasteiger partial charge < -0.3 is 10.2 Å². The molecule has 0 aromatic carbocycles. The quantitative estimate of drug-likeness (QED) is 0.685. The van der Waals surface area contributed by atoms with E-state index in [0.29, 0.717) is 0 Å². The van der Waals surface area contributed by atoms with Gasteiger partial charge in [-0.05, 0) is 63.5 Å². The highest BCUT2D eigenvalue weighted by Crippen LogP contribution is 2.35. The second kappa shape index (κ2) is 8.38. The molecular weight excluding hydrogens is 244 g/mol. The molecule has 2 aliphatic carbocycles. The Hall–Kier alpha value is -0.0800. The summed E-state index contributed by atoms with van der Waals surface area (Å²) in [4.78, 5) is 2.76. The normalized spacial score (nSPS) is 30.9. The van der Waals surface area contributed by atoms with Crippen LogP contribution in [0.3, 0.4) is 0 Å². The van der Waals surface area contributed by atoms with Crippen molar-refractivity contribution in [3.8, 4) is 0 Å². The van der Waals surface area contributed by atoms with Crippen LogP contribution in [-0.2, 0) is 0 Å². The van der Waals surface area contributed by atoms with Crippen LogP contribution in [0.25, 0.3) is 0 Å². The van der Waals surface area contributed by atoms with E-state index >= 15 is 0 Å². The fraction of sp³-hybridized carbons (Fsp3) is 1.00. The van der Waals surface area contributed by atoms with Gasteiger partial charge in [0.15, 0.2) is 0 Å². The minimum Gasteiger partial charge on any atom is -0.314 e. The van der Waals surface area contributed by atoms with E-state index in [4.69, 9.17) is 0 Å². The average Bonchev–Trinajstić information content (AvgIpc) is 3.28. The monoisotopic (exact) mass is 280 g/mol. The van der Waals surface area contributed by atoms with Crippen molar-refractivity contribution < 1.29 is 0 Å². The van der Waals surface area contributed by atoms with E-state index in [1.54, 1.807) is 0 Å². The lowest BCUT2D eigenvalue weighted by Crippen LogP contribution is -2.46. The van der Waals surface area contributed by atoms with Gasteiger partial charge in [0.25, 0.3) is 0 Å². The van der Waals surface area contributed by atoms with Crippen molar-refractivity contribution >= 4 is 0 Å². The van der Waals surface area contributed by atoms with E-state index in [-0.39, 0.29) is 0 Å². The number of hydrogen-bond donors (Lipinski definition) is 1. The first-order chi connectivity index (χ1) is 9.78. The fourth-order valence-electron chi connectivity index (χ4n) is 4.11. The van der Waals surface area contributed by atoms with E-state index < -0.39 is 0 Å². The maximum absolute atomic E-state index is 3.85. The number of hydrogen-bond acceptors (Lipinski definition) is 2. The van der Waals surface area contributed by atoms with E-state index in [2.05, 4.69) is 31.0 Å². The van der Waals surface area contributed by atoms with Crippen molar-refractivity contribution in [2.75, 3.05) is 19.6 Å². The minimum atomic E-state index is 0.788. The second-order valence-corrected chi connectivity index (χ2v) is 7.11. The average molecular weight is 280 g/mol. The lowest BCUT2D eigenvalue weighted by Gasteiger charge is -2.39. The van der Waals surface area contributed by atoms with Crippen molar-refractivity contribution in [1.29, 1.82) is 0 Å². The third-order valence-electron chi connectivity index (χ3n) is 5.38. The summed E-state index contributed by atoms with van der Waals surface area (Å²) in [6.45, 7) is 10.8. The standard InChI is InChI=1S/C18H36N2/c1-4-7-15-8-11-18(19-12-5-2)16(13-15)14-20(6-3)17-9-10-17/h15-19H,4-14H2,1-3H3. The second-order valence-electron chi connectivity index (χ2n) is 7.11. The van der Waals surface area contributed by atoms with Crippen LogP contribution in [0.1, 0.15) is 72.1 Å². The van der Waals surface area contributed by atoms with Crippen LogP contribution in [-0.4, -0.2) is 36.6 Å². The molecule has 3 atom stereocenters. The van der Waals surface area contributed by atoms with Gasteiger partial charge in [-0.25, -0.2) is 0 Å². The summed E-state index contributed by atoms with van der Waals surface area (Å²) in [5.41, 5.74) is 0. The van der Waals surface area contributed by atoms with Gasteiger partial charge in [0, 0.05) is 18.6 Å². The Morgan fingerprint density at radius 1 is 1.00 bits per heavy atom. The van der Waals surface area contributed by atoms with Crippen LogP contribution in [0.2, 0.25) is 0 Å². The summed E-state index contributed by atoms with van der Waals surface area (Å²) in [6, 6.07) is 1.72. The van der Waals surface area contributed by atoms with E-state index in [0.717, 1.165) is 23.9 Å². The summed E-state index contributed by atoms with van der Waals surface area (Å²) >= 11 is 0. The van der Waals surface area contributed by atoms with E-state index in [9.17, 15) is 0 Å². The number of nitrogens with one attached hydrogen (secondary N) is 1. The van der Waals surface area contributed by atoms with Gasteiger partial charge in [-0.15, -0.1) is 0 Å². The predicted octanol–water partition coefficient (Wildman–Crippen LogP) is 4.06. The molecule has 1 N–H and O–H groups in total. The highest BCUT2D eigenvalue weighted by molar-refractivity contribution is 4.90. The van der Waals surface area contributed by atoms with Crippen molar-refractivity contribution in [2.24, 2.45) is 11.8 Å².